The predicted octanol–water partition coefficient (Wildman–Crippen LogP) is 1.85. The summed E-state index contributed by atoms with van der Waals surface area (Å²) < 4.78 is 10.3. The van der Waals surface area contributed by atoms with E-state index in [0.717, 1.165) is 0 Å². The molecular formula is C15H21NO5. The van der Waals surface area contributed by atoms with Gasteiger partial charge >= 0.3 is 5.97 Å². The van der Waals surface area contributed by atoms with Crippen LogP contribution < -0.4 is 14.8 Å². The van der Waals surface area contributed by atoms with Crippen LogP contribution in [0.5, 0.6) is 11.5 Å². The lowest BCUT2D eigenvalue weighted by Gasteiger charge is -2.19. The number of hydrogen-bond donors (Lipinski definition) is 2. The minimum absolute atomic E-state index is 0.216. The number of aliphatic carboxylic acids is 1. The van der Waals surface area contributed by atoms with Crippen molar-refractivity contribution in [2.45, 2.75) is 26.8 Å². The number of carboxylic acids is 1. The fourth-order valence-corrected chi connectivity index (χ4v) is 1.96. The van der Waals surface area contributed by atoms with Crippen molar-refractivity contribution in [1.29, 1.82) is 0 Å². The molecule has 0 aliphatic heterocycles. The van der Waals surface area contributed by atoms with Crippen molar-refractivity contribution in [3.8, 4) is 11.5 Å². The van der Waals surface area contributed by atoms with E-state index in [1.54, 1.807) is 32.9 Å². The first-order valence-corrected chi connectivity index (χ1v) is 6.58. The van der Waals surface area contributed by atoms with E-state index in [4.69, 9.17) is 14.6 Å². The van der Waals surface area contributed by atoms with Crippen LogP contribution in [0.2, 0.25) is 0 Å². The summed E-state index contributed by atoms with van der Waals surface area (Å²) in [5.74, 6) is -0.784. The van der Waals surface area contributed by atoms with Gasteiger partial charge in [0, 0.05) is 5.56 Å². The topological polar surface area (TPSA) is 84.9 Å². The SMILES string of the molecule is COc1cc(C)c(C(=O)N[C@H](C(=O)O)C(C)C)cc1OC. The molecule has 6 heteroatoms. The molecule has 0 saturated carbocycles. The van der Waals surface area contributed by atoms with Gasteiger partial charge in [-0.25, -0.2) is 4.79 Å². The Hall–Kier alpha value is -2.24. The molecular weight excluding hydrogens is 274 g/mol. The van der Waals surface area contributed by atoms with E-state index in [-0.39, 0.29) is 5.92 Å². The standard InChI is InChI=1S/C15H21NO5/c1-8(2)13(15(18)19)16-14(17)10-7-12(21-5)11(20-4)6-9(10)3/h6-8,13H,1-5H3,(H,16,17)(H,18,19)/t13-/m0/s1. The van der Waals surface area contributed by atoms with E-state index in [2.05, 4.69) is 5.32 Å². The van der Waals surface area contributed by atoms with Crippen LogP contribution in [0.15, 0.2) is 12.1 Å². The molecule has 0 aliphatic carbocycles. The van der Waals surface area contributed by atoms with Crippen LogP contribution in [0.25, 0.3) is 0 Å². The third-order valence-electron chi connectivity index (χ3n) is 3.19. The summed E-state index contributed by atoms with van der Waals surface area (Å²) in [7, 11) is 2.99. The van der Waals surface area contributed by atoms with Crippen molar-refractivity contribution in [2.75, 3.05) is 14.2 Å². The normalized spacial score (nSPS) is 11.9. The van der Waals surface area contributed by atoms with E-state index >= 15 is 0 Å². The summed E-state index contributed by atoms with van der Waals surface area (Å²) in [5, 5.41) is 11.7. The molecule has 1 atom stereocenters. The number of nitrogens with one attached hydrogen (secondary N) is 1. The number of rotatable bonds is 6. The third-order valence-corrected chi connectivity index (χ3v) is 3.19. The monoisotopic (exact) mass is 295 g/mol. The van der Waals surface area contributed by atoms with Gasteiger partial charge < -0.3 is 19.9 Å². The third kappa shape index (κ3) is 3.87. The lowest BCUT2D eigenvalue weighted by molar-refractivity contribution is -0.140. The number of carbonyl (C=O) groups is 2. The van der Waals surface area contributed by atoms with Gasteiger partial charge in [-0.1, -0.05) is 13.8 Å². The lowest BCUT2D eigenvalue weighted by atomic mass is 10.0. The molecule has 0 saturated heterocycles. The molecule has 1 aromatic rings. The quantitative estimate of drug-likeness (QED) is 0.836. The second-order valence-corrected chi connectivity index (χ2v) is 5.06. The number of hydrogen-bond acceptors (Lipinski definition) is 4. The Morgan fingerprint density at radius 2 is 1.67 bits per heavy atom. The van der Waals surface area contributed by atoms with E-state index in [1.807, 2.05) is 0 Å². The Bertz CT molecular complexity index is 539. The first-order chi connectivity index (χ1) is 9.81. The Labute approximate surface area is 124 Å². The number of aryl methyl sites for hydroxylation is 1. The first kappa shape index (κ1) is 16.8. The summed E-state index contributed by atoms with van der Waals surface area (Å²) in [4.78, 5) is 23.4. The number of benzene rings is 1. The first-order valence-electron chi connectivity index (χ1n) is 6.58. The zero-order valence-corrected chi connectivity index (χ0v) is 12.9. The minimum Gasteiger partial charge on any atom is -0.493 e. The molecule has 0 bridgehead atoms. The van der Waals surface area contributed by atoms with Crippen molar-refractivity contribution in [2.24, 2.45) is 5.92 Å². The molecule has 0 fully saturated rings. The van der Waals surface area contributed by atoms with Gasteiger partial charge in [0.2, 0.25) is 0 Å². The Balaban J connectivity index is 3.10. The zero-order chi connectivity index (χ0) is 16.2. The smallest absolute Gasteiger partial charge is 0.326 e. The van der Waals surface area contributed by atoms with E-state index < -0.39 is 17.9 Å². The largest absolute Gasteiger partial charge is 0.493 e. The zero-order valence-electron chi connectivity index (χ0n) is 12.9. The van der Waals surface area contributed by atoms with Gasteiger partial charge in [-0.15, -0.1) is 0 Å². The summed E-state index contributed by atoms with van der Waals surface area (Å²) >= 11 is 0. The van der Waals surface area contributed by atoms with Crippen molar-refractivity contribution in [3.05, 3.63) is 23.3 Å². The lowest BCUT2D eigenvalue weighted by Crippen LogP contribution is -2.44. The Morgan fingerprint density at radius 1 is 1.14 bits per heavy atom. The molecule has 6 nitrogen and oxygen atoms in total. The second kappa shape index (κ2) is 6.97. The van der Waals surface area contributed by atoms with Gasteiger partial charge in [-0.3, -0.25) is 4.79 Å². The molecule has 2 N–H and O–H groups in total. The highest BCUT2D eigenvalue weighted by Crippen LogP contribution is 2.30. The van der Waals surface area contributed by atoms with E-state index in [9.17, 15) is 9.59 Å². The van der Waals surface area contributed by atoms with Crippen LogP contribution in [0.4, 0.5) is 0 Å². The van der Waals surface area contributed by atoms with Crippen LogP contribution in [0.3, 0.4) is 0 Å². The van der Waals surface area contributed by atoms with Crippen LogP contribution in [0, 0.1) is 12.8 Å². The summed E-state index contributed by atoms with van der Waals surface area (Å²) in [6.07, 6.45) is 0. The van der Waals surface area contributed by atoms with Crippen molar-refractivity contribution >= 4 is 11.9 Å². The van der Waals surface area contributed by atoms with Crippen molar-refractivity contribution in [1.82, 2.24) is 5.32 Å². The van der Waals surface area contributed by atoms with Gasteiger partial charge in [-0.2, -0.15) is 0 Å². The van der Waals surface area contributed by atoms with Gasteiger partial charge in [0.25, 0.3) is 5.91 Å². The molecule has 1 rings (SSSR count). The summed E-state index contributed by atoms with van der Waals surface area (Å²) in [6, 6.07) is 2.28. The molecule has 21 heavy (non-hydrogen) atoms. The van der Waals surface area contributed by atoms with Crippen LogP contribution >= 0.6 is 0 Å². The molecule has 0 spiro atoms. The summed E-state index contributed by atoms with van der Waals surface area (Å²) in [6.45, 7) is 5.23. The molecule has 0 aliphatic rings. The molecule has 1 amide bonds. The van der Waals surface area contributed by atoms with Gasteiger partial charge in [-0.05, 0) is 30.5 Å². The van der Waals surface area contributed by atoms with Crippen LogP contribution in [-0.2, 0) is 4.79 Å². The highest BCUT2D eigenvalue weighted by molar-refractivity contribution is 5.98. The van der Waals surface area contributed by atoms with Gasteiger partial charge in [0.05, 0.1) is 14.2 Å². The molecule has 0 aromatic heterocycles. The van der Waals surface area contributed by atoms with Gasteiger partial charge in [0.15, 0.2) is 11.5 Å². The van der Waals surface area contributed by atoms with Gasteiger partial charge in [0.1, 0.15) is 6.04 Å². The van der Waals surface area contributed by atoms with Crippen molar-refractivity contribution in [3.63, 3.8) is 0 Å². The van der Waals surface area contributed by atoms with Crippen LogP contribution in [0.1, 0.15) is 29.8 Å². The fourth-order valence-electron chi connectivity index (χ4n) is 1.96. The second-order valence-electron chi connectivity index (χ2n) is 5.06. The van der Waals surface area contributed by atoms with Crippen molar-refractivity contribution < 1.29 is 24.2 Å². The molecule has 0 unspecified atom stereocenters. The van der Waals surface area contributed by atoms with E-state index in [0.29, 0.717) is 22.6 Å². The highest BCUT2D eigenvalue weighted by Gasteiger charge is 2.25. The minimum atomic E-state index is -1.06. The molecule has 0 heterocycles. The molecule has 1 aromatic carbocycles. The number of ether oxygens (including phenoxy) is 2. The number of carboxylic acid groups (broad SMARTS) is 1. The number of carbonyl (C=O) groups excluding carboxylic acids is 1. The molecule has 0 radical (unpaired) electrons. The fraction of sp³-hybridized carbons (Fsp3) is 0.467. The Kier molecular flexibility index (Phi) is 5.58. The van der Waals surface area contributed by atoms with Crippen LogP contribution in [-0.4, -0.2) is 37.2 Å². The average Bonchev–Trinajstić information content (AvgIpc) is 2.43. The maximum atomic E-state index is 12.3. The highest BCUT2D eigenvalue weighted by atomic mass is 16.5. The predicted molar refractivity (Wildman–Crippen MR) is 78.0 cm³/mol. The van der Waals surface area contributed by atoms with E-state index in [1.165, 1.54) is 14.2 Å². The average molecular weight is 295 g/mol. The number of amides is 1. The summed E-state index contributed by atoms with van der Waals surface area (Å²) in [5.41, 5.74) is 1.04. The Morgan fingerprint density at radius 3 is 2.10 bits per heavy atom. The number of methoxy groups -OCH3 is 2. The maximum absolute atomic E-state index is 12.3. The maximum Gasteiger partial charge on any atom is 0.326 e. The molecule has 116 valence electrons.